The molecule has 0 aromatic heterocycles. The first kappa shape index (κ1) is 56.4. The van der Waals surface area contributed by atoms with Crippen molar-refractivity contribution in [2.75, 3.05) is 40.9 Å². The molecule has 0 aliphatic heterocycles. The molecule has 59 heavy (non-hydrogen) atoms. The maximum atomic E-state index is 12.8. The number of aliphatic hydroxyl groups excluding tert-OH is 1. The number of nitrogens with zero attached hydrogens (tertiary/aromatic N) is 1. The number of carbonyl (C=O) groups excluding carboxylic acids is 1. The van der Waals surface area contributed by atoms with E-state index >= 15 is 0 Å². The zero-order valence-corrected chi connectivity index (χ0v) is 39.1. The van der Waals surface area contributed by atoms with Crippen LogP contribution in [0, 0.1) is 0 Å². The van der Waals surface area contributed by atoms with Crippen molar-refractivity contribution in [1.29, 1.82) is 0 Å². The second kappa shape index (κ2) is 40.8. The molecule has 0 aliphatic rings. The summed E-state index contributed by atoms with van der Waals surface area (Å²) in [4.78, 5) is 25.3. The van der Waals surface area contributed by atoms with Crippen molar-refractivity contribution in [3.05, 3.63) is 97.2 Å². The van der Waals surface area contributed by atoms with E-state index in [2.05, 4.69) is 104 Å². The first-order valence-corrected chi connectivity index (χ1v) is 24.6. The van der Waals surface area contributed by atoms with Gasteiger partial charge in [-0.15, -0.1) is 0 Å². The van der Waals surface area contributed by atoms with Gasteiger partial charge in [0.25, 0.3) is 7.82 Å². The maximum absolute atomic E-state index is 12.8. The van der Waals surface area contributed by atoms with Gasteiger partial charge >= 0.3 is 0 Å². The second-order valence-electron chi connectivity index (χ2n) is 16.4. The maximum Gasteiger partial charge on any atom is 0.268 e. The predicted octanol–water partition coefficient (Wildman–Crippen LogP) is 12.5. The molecule has 0 rings (SSSR count). The van der Waals surface area contributed by atoms with Gasteiger partial charge in [-0.2, -0.15) is 0 Å². The molecular weight excluding hydrogens is 756 g/mol. The lowest BCUT2D eigenvalue weighted by molar-refractivity contribution is -0.870. The first-order valence-electron chi connectivity index (χ1n) is 23.1. The van der Waals surface area contributed by atoms with Crippen LogP contribution < -0.4 is 10.2 Å². The topological polar surface area (TPSA) is 108 Å². The molecule has 0 spiro atoms. The summed E-state index contributed by atoms with van der Waals surface area (Å²) in [6.07, 6.45) is 57.5. The molecular formula is C50H87N2O6P. The van der Waals surface area contributed by atoms with Gasteiger partial charge in [-0.05, 0) is 83.5 Å². The van der Waals surface area contributed by atoms with Gasteiger partial charge in [-0.3, -0.25) is 9.36 Å². The van der Waals surface area contributed by atoms with Gasteiger partial charge in [0.2, 0.25) is 5.91 Å². The molecule has 0 heterocycles. The molecule has 0 radical (unpaired) electrons. The van der Waals surface area contributed by atoms with Crippen LogP contribution >= 0.6 is 7.82 Å². The van der Waals surface area contributed by atoms with Crippen molar-refractivity contribution in [3.63, 3.8) is 0 Å². The van der Waals surface area contributed by atoms with E-state index in [0.29, 0.717) is 17.4 Å². The largest absolute Gasteiger partial charge is 0.756 e. The summed E-state index contributed by atoms with van der Waals surface area (Å²) < 4.78 is 23.1. The lowest BCUT2D eigenvalue weighted by atomic mass is 10.1. The molecule has 3 atom stereocenters. The molecule has 0 saturated carbocycles. The Labute approximate surface area is 362 Å². The van der Waals surface area contributed by atoms with Gasteiger partial charge in [0, 0.05) is 6.42 Å². The van der Waals surface area contributed by atoms with E-state index in [0.717, 1.165) is 89.9 Å². The minimum absolute atomic E-state index is 0.0137. The van der Waals surface area contributed by atoms with E-state index in [1.807, 2.05) is 27.2 Å². The van der Waals surface area contributed by atoms with Gasteiger partial charge < -0.3 is 28.8 Å². The zero-order valence-electron chi connectivity index (χ0n) is 38.2. The Morgan fingerprint density at radius 1 is 0.610 bits per heavy atom. The molecule has 0 bridgehead atoms. The summed E-state index contributed by atoms with van der Waals surface area (Å²) in [6, 6.07) is -0.912. The van der Waals surface area contributed by atoms with Gasteiger partial charge in [0.05, 0.1) is 39.9 Å². The molecule has 0 aromatic rings. The molecule has 9 heteroatoms. The molecule has 8 nitrogen and oxygen atoms in total. The number of quaternary nitrogens is 1. The standard InChI is InChI=1S/C50H87N2O6P/c1-6-8-10-12-14-16-18-19-20-21-22-23-24-25-26-27-28-29-30-31-32-33-34-36-38-40-42-44-50(54)51-48(47-58-59(55,56)57-46-45-52(3,4)5)49(53)43-41-39-37-35-17-15-13-11-9-7-2/h8,10,14,16-17,19-20,22-23,25-26,28-29,35,41,43,48-49,53H,6-7,9,11-13,15,18,21,24,27,30-34,36-40,42,44-47H2,1-5H3,(H-,51,54,55,56)/b10-8-,16-14-,20-19-,23-22-,26-25-,29-28-,35-17+,43-41+. The number of amides is 1. The van der Waals surface area contributed by atoms with Crippen LogP contribution in [0.15, 0.2) is 97.2 Å². The zero-order chi connectivity index (χ0) is 43.6. The van der Waals surface area contributed by atoms with Crippen LogP contribution in [0.3, 0.4) is 0 Å². The summed E-state index contributed by atoms with van der Waals surface area (Å²) in [6.45, 7) is 4.43. The summed E-state index contributed by atoms with van der Waals surface area (Å²) in [5, 5.41) is 13.7. The highest BCUT2D eigenvalue weighted by Crippen LogP contribution is 2.38. The van der Waals surface area contributed by atoms with Crippen molar-refractivity contribution in [2.24, 2.45) is 0 Å². The predicted molar refractivity (Wildman–Crippen MR) is 251 cm³/mol. The summed E-state index contributed by atoms with van der Waals surface area (Å²) >= 11 is 0. The molecule has 2 N–H and O–H groups in total. The van der Waals surface area contributed by atoms with E-state index in [-0.39, 0.29) is 12.5 Å². The summed E-state index contributed by atoms with van der Waals surface area (Å²) in [5.41, 5.74) is 0. The van der Waals surface area contributed by atoms with E-state index in [1.165, 1.54) is 51.4 Å². The van der Waals surface area contributed by atoms with Crippen LogP contribution in [0.25, 0.3) is 0 Å². The van der Waals surface area contributed by atoms with Crippen LogP contribution in [0.1, 0.15) is 162 Å². The number of rotatable bonds is 40. The molecule has 0 aliphatic carbocycles. The average molecular weight is 843 g/mol. The monoisotopic (exact) mass is 843 g/mol. The Kier molecular flexibility index (Phi) is 39.0. The fraction of sp³-hybridized carbons (Fsp3) is 0.660. The molecule has 3 unspecified atom stereocenters. The first-order chi connectivity index (χ1) is 28.5. The number of phosphoric ester groups is 1. The lowest BCUT2D eigenvalue weighted by Crippen LogP contribution is -2.45. The second-order valence-corrected chi connectivity index (χ2v) is 17.8. The minimum atomic E-state index is -4.60. The lowest BCUT2D eigenvalue weighted by Gasteiger charge is -2.29. The van der Waals surface area contributed by atoms with Crippen LogP contribution in [0.5, 0.6) is 0 Å². The minimum Gasteiger partial charge on any atom is -0.756 e. The van der Waals surface area contributed by atoms with Crippen molar-refractivity contribution < 1.29 is 32.9 Å². The highest BCUT2D eigenvalue weighted by Gasteiger charge is 2.23. The number of likely N-dealkylation sites (N-methyl/N-ethyl adjacent to an activating group) is 1. The Hall–Kier alpha value is -2.58. The summed E-state index contributed by atoms with van der Waals surface area (Å²) in [7, 11) is 1.22. The number of unbranched alkanes of at least 4 members (excludes halogenated alkanes) is 13. The Bertz CT molecular complexity index is 1280. The quantitative estimate of drug-likeness (QED) is 0.0275. The van der Waals surface area contributed by atoms with Gasteiger partial charge in [0.1, 0.15) is 13.2 Å². The SMILES string of the molecule is CC/C=C\C/C=C\C/C=C\C/C=C\C/C=C\C/C=C\CCCCCCCCCCC(=O)NC(COP(=O)([O-])OCC[N+](C)(C)C)C(O)/C=C/CC/C=C/CCCCCC. The van der Waals surface area contributed by atoms with Crippen molar-refractivity contribution in [2.45, 2.75) is 174 Å². The van der Waals surface area contributed by atoms with Crippen LogP contribution in [0.4, 0.5) is 0 Å². The van der Waals surface area contributed by atoms with E-state index in [9.17, 15) is 19.4 Å². The number of phosphoric acid groups is 1. The van der Waals surface area contributed by atoms with Crippen molar-refractivity contribution in [3.8, 4) is 0 Å². The number of hydrogen-bond acceptors (Lipinski definition) is 6. The smallest absolute Gasteiger partial charge is 0.268 e. The third-order valence-electron chi connectivity index (χ3n) is 9.53. The van der Waals surface area contributed by atoms with E-state index in [1.54, 1.807) is 6.08 Å². The van der Waals surface area contributed by atoms with Crippen LogP contribution in [-0.4, -0.2) is 68.5 Å². The van der Waals surface area contributed by atoms with E-state index in [4.69, 9.17) is 9.05 Å². The fourth-order valence-electron chi connectivity index (χ4n) is 5.87. The normalized spacial score (nSPS) is 15.2. The molecule has 338 valence electrons. The number of hydrogen-bond donors (Lipinski definition) is 2. The number of nitrogens with one attached hydrogen (secondary N) is 1. The Morgan fingerprint density at radius 2 is 1.05 bits per heavy atom. The molecule has 0 fully saturated rings. The Morgan fingerprint density at radius 3 is 1.58 bits per heavy atom. The number of carbonyl (C=O) groups is 1. The van der Waals surface area contributed by atoms with Crippen LogP contribution in [-0.2, 0) is 18.4 Å². The summed E-state index contributed by atoms with van der Waals surface area (Å²) in [5.74, 6) is -0.224. The van der Waals surface area contributed by atoms with Gasteiger partial charge in [-0.1, -0.05) is 169 Å². The van der Waals surface area contributed by atoms with Crippen molar-refractivity contribution >= 4 is 13.7 Å². The highest BCUT2D eigenvalue weighted by molar-refractivity contribution is 7.45. The molecule has 0 aromatic carbocycles. The average Bonchev–Trinajstić information content (AvgIpc) is 3.19. The highest BCUT2D eigenvalue weighted by atomic mass is 31.2. The molecule has 1 amide bonds. The molecule has 0 saturated heterocycles. The third-order valence-corrected chi connectivity index (χ3v) is 10.5. The van der Waals surface area contributed by atoms with Crippen LogP contribution in [0.2, 0.25) is 0 Å². The van der Waals surface area contributed by atoms with Gasteiger partial charge in [-0.25, -0.2) is 0 Å². The Balaban J connectivity index is 4.28. The number of aliphatic hydroxyl groups is 1. The third kappa shape index (κ3) is 43.3. The number of allylic oxidation sites excluding steroid dienone is 15. The van der Waals surface area contributed by atoms with Gasteiger partial charge in [0.15, 0.2) is 0 Å². The van der Waals surface area contributed by atoms with Crippen molar-refractivity contribution in [1.82, 2.24) is 5.32 Å². The van der Waals surface area contributed by atoms with E-state index < -0.39 is 26.6 Å². The fourth-order valence-corrected chi connectivity index (χ4v) is 6.60.